The molecule has 2 heterocycles. The molecule has 0 bridgehead atoms. The van der Waals surface area contributed by atoms with E-state index in [2.05, 4.69) is 4.98 Å². The molecular formula is C11H13NO3. The summed E-state index contributed by atoms with van der Waals surface area (Å²) in [6.07, 6.45) is -0.135. The van der Waals surface area contributed by atoms with Gasteiger partial charge in [0.25, 0.3) is 0 Å². The number of carbonyl (C=O) groups excluding carboxylic acids is 1. The highest BCUT2D eigenvalue weighted by Gasteiger charge is 2.31. The molecule has 0 radical (unpaired) electrons. The van der Waals surface area contributed by atoms with E-state index in [1.807, 2.05) is 13.8 Å². The fraction of sp³-hybridized carbons (Fsp3) is 0.455. The van der Waals surface area contributed by atoms with Crippen molar-refractivity contribution in [1.82, 2.24) is 4.98 Å². The van der Waals surface area contributed by atoms with Gasteiger partial charge in [0.2, 0.25) is 5.88 Å². The van der Waals surface area contributed by atoms with Crippen LogP contribution in [-0.4, -0.2) is 24.2 Å². The van der Waals surface area contributed by atoms with Crippen molar-refractivity contribution >= 4 is 5.97 Å². The second kappa shape index (κ2) is 3.53. The Balaban J connectivity index is 2.51. The third kappa shape index (κ3) is 1.56. The molecule has 2 unspecified atom stereocenters. The molecule has 4 nitrogen and oxygen atoms in total. The average molecular weight is 207 g/mol. The molecule has 0 aromatic carbocycles. The van der Waals surface area contributed by atoms with Crippen LogP contribution in [0.5, 0.6) is 5.88 Å². The van der Waals surface area contributed by atoms with Crippen LogP contribution in [0.15, 0.2) is 12.1 Å². The number of nitrogens with zero attached hydrogens (tertiary/aromatic N) is 1. The largest absolute Gasteiger partial charge is 0.481 e. The number of aromatic nitrogens is 1. The zero-order valence-electron chi connectivity index (χ0n) is 8.98. The first-order valence-electron chi connectivity index (χ1n) is 4.89. The Labute approximate surface area is 88.2 Å². The smallest absolute Gasteiger partial charge is 0.340 e. The fourth-order valence-electron chi connectivity index (χ4n) is 1.65. The van der Waals surface area contributed by atoms with E-state index in [1.165, 1.54) is 0 Å². The van der Waals surface area contributed by atoms with E-state index in [4.69, 9.17) is 9.47 Å². The van der Waals surface area contributed by atoms with Crippen molar-refractivity contribution < 1.29 is 14.3 Å². The van der Waals surface area contributed by atoms with Crippen molar-refractivity contribution in [2.75, 3.05) is 7.11 Å². The predicted molar refractivity (Wildman–Crippen MR) is 54.1 cm³/mol. The number of rotatable bonds is 1. The molecule has 15 heavy (non-hydrogen) atoms. The van der Waals surface area contributed by atoms with Crippen molar-refractivity contribution in [2.45, 2.75) is 25.9 Å². The van der Waals surface area contributed by atoms with Gasteiger partial charge >= 0.3 is 5.97 Å². The highest BCUT2D eigenvalue weighted by Crippen LogP contribution is 2.30. The SMILES string of the molecule is COc1ccc2c(n1)C(C)C(C)OC2=O. The van der Waals surface area contributed by atoms with Crippen LogP contribution in [0.4, 0.5) is 0 Å². The Morgan fingerprint density at radius 3 is 2.80 bits per heavy atom. The van der Waals surface area contributed by atoms with E-state index in [0.717, 1.165) is 5.69 Å². The van der Waals surface area contributed by atoms with E-state index >= 15 is 0 Å². The Kier molecular flexibility index (Phi) is 2.34. The summed E-state index contributed by atoms with van der Waals surface area (Å²) in [5, 5.41) is 0. The molecule has 0 amide bonds. The van der Waals surface area contributed by atoms with Gasteiger partial charge in [0.1, 0.15) is 6.10 Å². The maximum atomic E-state index is 11.5. The zero-order chi connectivity index (χ0) is 11.0. The average Bonchev–Trinajstić information content (AvgIpc) is 2.25. The second-order valence-corrected chi connectivity index (χ2v) is 3.69. The highest BCUT2D eigenvalue weighted by atomic mass is 16.5. The van der Waals surface area contributed by atoms with Crippen LogP contribution >= 0.6 is 0 Å². The number of cyclic esters (lactones) is 1. The molecule has 0 N–H and O–H groups in total. The number of carbonyl (C=O) groups is 1. The number of hydrogen-bond donors (Lipinski definition) is 0. The van der Waals surface area contributed by atoms with Crippen LogP contribution in [-0.2, 0) is 4.74 Å². The summed E-state index contributed by atoms with van der Waals surface area (Å²) in [5.41, 5.74) is 1.31. The molecule has 0 fully saturated rings. The second-order valence-electron chi connectivity index (χ2n) is 3.69. The number of esters is 1. The highest BCUT2D eigenvalue weighted by molar-refractivity contribution is 5.92. The minimum atomic E-state index is -0.300. The van der Waals surface area contributed by atoms with Crippen LogP contribution in [0.2, 0.25) is 0 Å². The lowest BCUT2D eigenvalue weighted by Crippen LogP contribution is -2.29. The van der Waals surface area contributed by atoms with Gasteiger partial charge in [-0.2, -0.15) is 0 Å². The van der Waals surface area contributed by atoms with Gasteiger partial charge in [0.05, 0.1) is 18.4 Å². The van der Waals surface area contributed by atoms with Crippen LogP contribution in [0, 0.1) is 0 Å². The van der Waals surface area contributed by atoms with E-state index < -0.39 is 0 Å². The van der Waals surface area contributed by atoms with Gasteiger partial charge in [-0.1, -0.05) is 6.92 Å². The Bertz CT molecular complexity index is 403. The number of pyridine rings is 1. The molecule has 80 valence electrons. The van der Waals surface area contributed by atoms with Crippen molar-refractivity contribution in [2.24, 2.45) is 0 Å². The normalized spacial score (nSPS) is 24.3. The van der Waals surface area contributed by atoms with Gasteiger partial charge in [0, 0.05) is 12.0 Å². The van der Waals surface area contributed by atoms with Gasteiger partial charge in [-0.3, -0.25) is 0 Å². The Morgan fingerprint density at radius 2 is 2.13 bits per heavy atom. The molecule has 2 atom stereocenters. The maximum Gasteiger partial charge on any atom is 0.340 e. The Hall–Kier alpha value is -1.58. The summed E-state index contributed by atoms with van der Waals surface area (Å²) < 4.78 is 10.2. The number of ether oxygens (including phenoxy) is 2. The molecule has 1 aliphatic heterocycles. The van der Waals surface area contributed by atoms with Gasteiger partial charge in [-0.05, 0) is 13.0 Å². The van der Waals surface area contributed by atoms with E-state index in [1.54, 1.807) is 19.2 Å². The minimum absolute atomic E-state index is 0.104. The molecule has 0 aliphatic carbocycles. The third-order valence-electron chi connectivity index (χ3n) is 2.76. The molecule has 1 aromatic rings. The molecule has 0 saturated heterocycles. The molecule has 4 heteroatoms. The van der Waals surface area contributed by atoms with Gasteiger partial charge in [0.15, 0.2) is 0 Å². The fourth-order valence-corrected chi connectivity index (χ4v) is 1.65. The summed E-state index contributed by atoms with van der Waals surface area (Å²) in [6, 6.07) is 3.37. The molecular weight excluding hydrogens is 194 g/mol. The lowest BCUT2D eigenvalue weighted by atomic mass is 9.94. The first-order chi connectivity index (χ1) is 7.13. The predicted octanol–water partition coefficient (Wildman–Crippen LogP) is 1.75. The molecule has 1 aromatic heterocycles. The van der Waals surface area contributed by atoms with Gasteiger partial charge < -0.3 is 9.47 Å². The lowest BCUT2D eigenvalue weighted by molar-refractivity contribution is 0.0234. The van der Waals surface area contributed by atoms with E-state index in [9.17, 15) is 4.79 Å². The molecule has 2 rings (SSSR count). The molecule has 0 spiro atoms. The summed E-state index contributed by atoms with van der Waals surface area (Å²) in [4.78, 5) is 15.8. The van der Waals surface area contributed by atoms with Gasteiger partial charge in [-0.15, -0.1) is 0 Å². The summed E-state index contributed by atoms with van der Waals surface area (Å²) in [7, 11) is 1.56. The van der Waals surface area contributed by atoms with Crippen molar-refractivity contribution in [1.29, 1.82) is 0 Å². The molecule has 0 saturated carbocycles. The summed E-state index contributed by atoms with van der Waals surface area (Å²) >= 11 is 0. The maximum absolute atomic E-state index is 11.5. The quantitative estimate of drug-likeness (QED) is 0.658. The standard InChI is InChI=1S/C11H13NO3/c1-6-7(2)15-11(13)8-4-5-9(14-3)12-10(6)8/h4-7H,1-3H3. The topological polar surface area (TPSA) is 48.4 Å². The first-order valence-corrected chi connectivity index (χ1v) is 4.89. The summed E-state index contributed by atoms with van der Waals surface area (Å²) in [5.74, 6) is 0.334. The first kappa shape index (κ1) is 9.96. The third-order valence-corrected chi connectivity index (χ3v) is 2.76. The number of methoxy groups -OCH3 is 1. The van der Waals surface area contributed by atoms with Gasteiger partial charge in [-0.25, -0.2) is 9.78 Å². The van der Waals surface area contributed by atoms with E-state index in [0.29, 0.717) is 11.4 Å². The van der Waals surface area contributed by atoms with Crippen LogP contribution in [0.25, 0.3) is 0 Å². The number of fused-ring (bicyclic) bond motifs is 1. The monoisotopic (exact) mass is 207 g/mol. The van der Waals surface area contributed by atoms with Crippen LogP contribution in [0.1, 0.15) is 35.8 Å². The molecule has 1 aliphatic rings. The van der Waals surface area contributed by atoms with Crippen molar-refractivity contribution in [3.8, 4) is 5.88 Å². The van der Waals surface area contributed by atoms with E-state index in [-0.39, 0.29) is 18.0 Å². The minimum Gasteiger partial charge on any atom is -0.481 e. The van der Waals surface area contributed by atoms with Crippen molar-refractivity contribution in [3.63, 3.8) is 0 Å². The Morgan fingerprint density at radius 1 is 1.40 bits per heavy atom. The lowest BCUT2D eigenvalue weighted by Gasteiger charge is -2.27. The van der Waals surface area contributed by atoms with Crippen LogP contribution in [0.3, 0.4) is 0 Å². The zero-order valence-corrected chi connectivity index (χ0v) is 8.98. The number of hydrogen-bond acceptors (Lipinski definition) is 4. The van der Waals surface area contributed by atoms with Crippen molar-refractivity contribution in [3.05, 3.63) is 23.4 Å². The summed E-state index contributed by atoms with van der Waals surface area (Å²) in [6.45, 7) is 3.86. The van der Waals surface area contributed by atoms with Crippen LogP contribution < -0.4 is 4.74 Å².